The fourth-order valence-electron chi connectivity index (χ4n) is 4.74. The van der Waals surface area contributed by atoms with Crippen LogP contribution in [0.25, 0.3) is 0 Å². The molecule has 0 aromatic heterocycles. The van der Waals surface area contributed by atoms with Crippen LogP contribution in [0.3, 0.4) is 0 Å². The molecular weight excluding hydrogens is 382 g/mol. The number of carbonyl (C=O) groups is 2. The lowest BCUT2D eigenvalue weighted by Crippen LogP contribution is -2.52. The van der Waals surface area contributed by atoms with Crippen LogP contribution in [0.15, 0.2) is 12.2 Å². The molecule has 30 heavy (non-hydrogen) atoms. The number of aliphatic hydroxyl groups is 2. The third-order valence-corrected chi connectivity index (χ3v) is 7.20. The Kier molecular flexibility index (Phi) is 11.6. The molecule has 0 aliphatic heterocycles. The van der Waals surface area contributed by atoms with E-state index in [1.54, 1.807) is 13.8 Å². The van der Waals surface area contributed by atoms with Crippen molar-refractivity contribution >= 4 is 12.4 Å². The molecule has 1 amide bonds. The zero-order valence-corrected chi connectivity index (χ0v) is 19.1. The molecule has 6 nitrogen and oxygen atoms in total. The Morgan fingerprint density at radius 3 is 2.43 bits per heavy atom. The van der Waals surface area contributed by atoms with E-state index in [-0.39, 0.29) is 6.04 Å². The van der Waals surface area contributed by atoms with E-state index in [2.05, 4.69) is 24.4 Å². The van der Waals surface area contributed by atoms with Crippen molar-refractivity contribution < 1.29 is 24.9 Å². The average Bonchev–Trinajstić information content (AvgIpc) is 3.09. The van der Waals surface area contributed by atoms with Gasteiger partial charge in [-0.05, 0) is 56.8 Å². The molecule has 0 radical (unpaired) electrons. The zero-order valence-electron chi connectivity index (χ0n) is 19.1. The Balaban J connectivity index is 2.57. The second kappa shape index (κ2) is 13.1. The Bertz CT molecular complexity index is 548. The summed E-state index contributed by atoms with van der Waals surface area (Å²) in [6.45, 7) is 5.63. The molecule has 4 N–H and O–H groups in total. The van der Waals surface area contributed by atoms with Crippen molar-refractivity contribution in [3.8, 4) is 0 Å². The zero-order chi connectivity index (χ0) is 22.6. The van der Waals surface area contributed by atoms with E-state index < -0.39 is 17.2 Å². The van der Waals surface area contributed by atoms with E-state index in [9.17, 15) is 19.8 Å². The number of rotatable bonds is 16. The van der Waals surface area contributed by atoms with E-state index in [4.69, 9.17) is 5.11 Å². The molecule has 1 rings (SSSR count). The first-order valence-corrected chi connectivity index (χ1v) is 11.8. The standard InChI is InChI=1S/C24H43NO5/c1-4-6-7-8-9-10-14-20-19(15-16-21(20)25-18-26)13-11-12-17-23(3,5-2)24(29,30)22(27)28/h10,14,18-21,29-30H,4-9,11-13,15-17H2,1-3H3,(H,25,26)(H,27,28)/t19-,20-,21-,23?/m1/s1. The van der Waals surface area contributed by atoms with Gasteiger partial charge in [0.05, 0.1) is 0 Å². The van der Waals surface area contributed by atoms with Crippen molar-refractivity contribution in [1.82, 2.24) is 5.32 Å². The van der Waals surface area contributed by atoms with Gasteiger partial charge in [0.25, 0.3) is 5.79 Å². The highest BCUT2D eigenvalue weighted by atomic mass is 16.5. The maximum absolute atomic E-state index is 11.2. The lowest BCUT2D eigenvalue weighted by atomic mass is 9.74. The molecule has 0 heterocycles. The minimum absolute atomic E-state index is 0.190. The molecule has 1 fully saturated rings. The van der Waals surface area contributed by atoms with Crippen LogP contribution in [0, 0.1) is 17.3 Å². The number of carboxylic acids is 1. The van der Waals surface area contributed by atoms with Crippen LogP contribution in [0.1, 0.15) is 97.8 Å². The van der Waals surface area contributed by atoms with Gasteiger partial charge < -0.3 is 20.6 Å². The topological polar surface area (TPSA) is 107 Å². The smallest absolute Gasteiger partial charge is 0.364 e. The summed E-state index contributed by atoms with van der Waals surface area (Å²) in [5.74, 6) is -3.46. The molecule has 6 heteroatoms. The van der Waals surface area contributed by atoms with Crippen molar-refractivity contribution in [2.45, 2.75) is 110 Å². The first-order valence-electron chi connectivity index (χ1n) is 11.8. The number of amides is 1. The van der Waals surface area contributed by atoms with Crippen LogP contribution in [-0.2, 0) is 9.59 Å². The molecule has 1 aliphatic rings. The van der Waals surface area contributed by atoms with Crippen LogP contribution in [0.4, 0.5) is 0 Å². The second-order valence-electron chi connectivity index (χ2n) is 9.22. The largest absolute Gasteiger partial charge is 0.477 e. The van der Waals surface area contributed by atoms with Gasteiger partial charge in [-0.3, -0.25) is 4.79 Å². The average molecular weight is 426 g/mol. The Hall–Kier alpha value is -1.40. The predicted molar refractivity (Wildman–Crippen MR) is 119 cm³/mol. The molecule has 0 bridgehead atoms. The quantitative estimate of drug-likeness (QED) is 0.127. The van der Waals surface area contributed by atoms with Gasteiger partial charge in [-0.15, -0.1) is 0 Å². The summed E-state index contributed by atoms with van der Waals surface area (Å²) in [6.07, 6.45) is 16.9. The SMILES string of the molecule is CCCCCCC=C[C@@H]1[C@H](CCCCC(C)(CC)C(O)(O)C(=O)O)CC[C@H]1NC=O. The van der Waals surface area contributed by atoms with E-state index in [1.165, 1.54) is 25.7 Å². The molecule has 0 saturated heterocycles. The number of hydrogen-bond donors (Lipinski definition) is 4. The molecule has 174 valence electrons. The van der Waals surface area contributed by atoms with Crippen LogP contribution < -0.4 is 5.32 Å². The van der Waals surface area contributed by atoms with Gasteiger partial charge in [0, 0.05) is 11.5 Å². The van der Waals surface area contributed by atoms with Crippen molar-refractivity contribution in [3.63, 3.8) is 0 Å². The maximum Gasteiger partial charge on any atom is 0.364 e. The number of carbonyl (C=O) groups excluding carboxylic acids is 1. The highest BCUT2D eigenvalue weighted by Gasteiger charge is 2.50. The highest BCUT2D eigenvalue weighted by Crippen LogP contribution is 2.40. The van der Waals surface area contributed by atoms with Gasteiger partial charge in [0.15, 0.2) is 0 Å². The van der Waals surface area contributed by atoms with Crippen molar-refractivity contribution in [1.29, 1.82) is 0 Å². The highest BCUT2D eigenvalue weighted by molar-refractivity contribution is 5.76. The number of allylic oxidation sites excluding steroid dienone is 1. The number of nitrogens with one attached hydrogen (secondary N) is 1. The summed E-state index contributed by atoms with van der Waals surface area (Å²) in [6, 6.07) is 0.190. The van der Waals surface area contributed by atoms with E-state index in [0.717, 1.165) is 44.9 Å². The molecule has 0 aromatic carbocycles. The number of aliphatic carboxylic acids is 1. The van der Waals surface area contributed by atoms with Crippen molar-refractivity contribution in [2.75, 3.05) is 0 Å². The normalized spacial score (nSPS) is 24.1. The van der Waals surface area contributed by atoms with Crippen LogP contribution in [0.2, 0.25) is 0 Å². The summed E-state index contributed by atoms with van der Waals surface area (Å²) in [5.41, 5.74) is -1.08. The molecular formula is C24H43NO5. The van der Waals surface area contributed by atoms with Crippen molar-refractivity contribution in [2.24, 2.45) is 17.3 Å². The van der Waals surface area contributed by atoms with Gasteiger partial charge in [0.2, 0.25) is 6.41 Å². The summed E-state index contributed by atoms with van der Waals surface area (Å²) in [7, 11) is 0. The second-order valence-corrected chi connectivity index (χ2v) is 9.22. The minimum Gasteiger partial charge on any atom is -0.477 e. The third kappa shape index (κ3) is 7.38. The summed E-state index contributed by atoms with van der Waals surface area (Å²) in [5, 5.41) is 32.2. The van der Waals surface area contributed by atoms with E-state index in [0.29, 0.717) is 24.7 Å². The van der Waals surface area contributed by atoms with Gasteiger partial charge in [-0.2, -0.15) is 0 Å². The third-order valence-electron chi connectivity index (χ3n) is 7.20. The predicted octanol–water partition coefficient (Wildman–Crippen LogP) is 4.40. The maximum atomic E-state index is 11.2. The molecule has 1 unspecified atom stereocenters. The van der Waals surface area contributed by atoms with Crippen LogP contribution >= 0.6 is 0 Å². The van der Waals surface area contributed by atoms with Gasteiger partial charge in [-0.25, -0.2) is 4.79 Å². The molecule has 0 aromatic rings. The Morgan fingerprint density at radius 1 is 1.10 bits per heavy atom. The van der Waals surface area contributed by atoms with E-state index >= 15 is 0 Å². The number of unbranched alkanes of at least 4 members (excludes halogenated alkanes) is 5. The minimum atomic E-state index is -2.71. The van der Waals surface area contributed by atoms with E-state index in [1.807, 2.05) is 0 Å². The van der Waals surface area contributed by atoms with Crippen molar-refractivity contribution in [3.05, 3.63) is 12.2 Å². The molecule has 4 atom stereocenters. The number of carboxylic acid groups (broad SMARTS) is 1. The van der Waals surface area contributed by atoms with Crippen LogP contribution in [-0.4, -0.2) is 39.5 Å². The Morgan fingerprint density at radius 2 is 1.83 bits per heavy atom. The monoisotopic (exact) mass is 425 g/mol. The molecule has 1 aliphatic carbocycles. The summed E-state index contributed by atoms with van der Waals surface area (Å²) >= 11 is 0. The molecule has 0 spiro atoms. The van der Waals surface area contributed by atoms with Gasteiger partial charge in [0.1, 0.15) is 0 Å². The summed E-state index contributed by atoms with van der Waals surface area (Å²) < 4.78 is 0. The number of hydrogen-bond acceptors (Lipinski definition) is 4. The summed E-state index contributed by atoms with van der Waals surface area (Å²) in [4.78, 5) is 22.2. The molecule has 1 saturated carbocycles. The van der Waals surface area contributed by atoms with Crippen LogP contribution in [0.5, 0.6) is 0 Å². The first-order chi connectivity index (χ1) is 14.2. The lowest BCUT2D eigenvalue weighted by molar-refractivity contribution is -0.248. The fourth-order valence-corrected chi connectivity index (χ4v) is 4.74. The lowest BCUT2D eigenvalue weighted by Gasteiger charge is -2.37. The first kappa shape index (κ1) is 26.6. The van der Waals surface area contributed by atoms with Gasteiger partial charge in [-0.1, -0.05) is 65.0 Å². The fraction of sp³-hybridized carbons (Fsp3) is 0.833. The van der Waals surface area contributed by atoms with Gasteiger partial charge >= 0.3 is 5.97 Å². The Labute approximate surface area is 182 Å².